The maximum atomic E-state index is 8.12. The molecule has 4 heteroatoms. The standard InChI is InChI=1S/C9H10O.Cr.Na.O.H/c1-2-6-9-8(4-1)5-3-7-10-9;;;;/h1-2,4,6H,3,5,7H2;;;;. The van der Waals surface area contributed by atoms with E-state index >= 15 is 0 Å². The summed E-state index contributed by atoms with van der Waals surface area (Å²) in [5.74, 6) is 1.08. The Kier molecular flexibility index (Phi) is 7.94. The Balaban J connectivity index is 0.000000451. The molecule has 2 rings (SSSR count). The predicted octanol–water partition coefficient (Wildman–Crippen LogP) is 1.24. The van der Waals surface area contributed by atoms with Crippen molar-refractivity contribution in [3.63, 3.8) is 0 Å². The van der Waals surface area contributed by atoms with Crippen LogP contribution in [0.3, 0.4) is 0 Å². The Labute approximate surface area is 109 Å². The summed E-state index contributed by atoms with van der Waals surface area (Å²) >= 11 is 1.38. The van der Waals surface area contributed by atoms with Crippen molar-refractivity contribution in [1.29, 1.82) is 0 Å². The van der Waals surface area contributed by atoms with Gasteiger partial charge in [0.2, 0.25) is 0 Å². The van der Waals surface area contributed by atoms with Crippen LogP contribution in [0.4, 0.5) is 0 Å². The second-order valence-electron chi connectivity index (χ2n) is 2.56. The van der Waals surface area contributed by atoms with E-state index in [9.17, 15) is 0 Å². The number of aryl methyl sites for hydroxylation is 1. The molecule has 0 saturated carbocycles. The van der Waals surface area contributed by atoms with E-state index in [1.54, 1.807) is 0 Å². The average Bonchev–Trinajstić information content (AvgIpc) is 2.21. The summed E-state index contributed by atoms with van der Waals surface area (Å²) in [6.07, 6.45) is 2.34. The third kappa shape index (κ3) is 3.93. The van der Waals surface area contributed by atoms with Crippen LogP contribution in [-0.4, -0.2) is 36.2 Å². The molecule has 0 aliphatic carbocycles. The zero-order valence-corrected chi connectivity index (χ0v) is 7.93. The van der Waals surface area contributed by atoms with Crippen LogP contribution < -0.4 is 4.74 Å². The van der Waals surface area contributed by atoms with Gasteiger partial charge in [-0.15, -0.1) is 0 Å². The molecule has 0 atom stereocenters. The van der Waals surface area contributed by atoms with Gasteiger partial charge in [-0.05, 0) is 24.5 Å². The van der Waals surface area contributed by atoms with Gasteiger partial charge in [-0.1, -0.05) is 18.2 Å². The molecule has 0 N–H and O–H groups in total. The Bertz CT molecular complexity index is 230. The van der Waals surface area contributed by atoms with Crippen LogP contribution in [0.25, 0.3) is 0 Å². The molecule has 2 nitrogen and oxygen atoms in total. The van der Waals surface area contributed by atoms with E-state index in [-0.39, 0.29) is 29.6 Å². The maximum Gasteiger partial charge on any atom is 0.122 e. The van der Waals surface area contributed by atoms with E-state index in [2.05, 4.69) is 12.1 Å². The van der Waals surface area contributed by atoms with E-state index in [1.165, 1.54) is 28.2 Å². The van der Waals surface area contributed by atoms with Crippen LogP contribution in [0.5, 0.6) is 5.75 Å². The minimum absolute atomic E-state index is 0. The molecular weight excluding hydrogens is 215 g/mol. The molecule has 1 aromatic rings. The average molecular weight is 226 g/mol. The van der Waals surface area contributed by atoms with E-state index in [0.717, 1.165) is 18.8 Å². The topological polar surface area (TPSA) is 26.3 Å². The number of fused-ring (bicyclic) bond motifs is 1. The van der Waals surface area contributed by atoms with Crippen LogP contribution in [0.15, 0.2) is 24.3 Å². The molecule has 1 heterocycles. The number of hydrogen-bond acceptors (Lipinski definition) is 2. The smallest absolute Gasteiger partial charge is 0.122 e. The molecule has 0 aromatic heterocycles. The van der Waals surface area contributed by atoms with Gasteiger partial charge in [0.05, 0.1) is 6.61 Å². The third-order valence-corrected chi connectivity index (χ3v) is 1.82. The Morgan fingerprint density at radius 3 is 2.62 bits per heavy atom. The quantitative estimate of drug-likeness (QED) is 0.622. The molecule has 1 aliphatic heterocycles. The molecule has 66 valence electrons. The van der Waals surface area contributed by atoms with E-state index in [4.69, 9.17) is 8.54 Å². The van der Waals surface area contributed by atoms with Gasteiger partial charge >= 0.3 is 49.6 Å². The third-order valence-electron chi connectivity index (χ3n) is 1.82. The molecule has 0 unspecified atom stereocenters. The van der Waals surface area contributed by atoms with Crippen LogP contribution in [0.2, 0.25) is 0 Å². The first-order valence-corrected chi connectivity index (χ1v) is 4.36. The Morgan fingerprint density at radius 2 is 1.92 bits per heavy atom. The first-order chi connectivity index (χ1) is 5.97. The Morgan fingerprint density at radius 1 is 1.23 bits per heavy atom. The monoisotopic (exact) mass is 226 g/mol. The predicted molar refractivity (Wildman–Crippen MR) is 48.1 cm³/mol. The first kappa shape index (κ1) is 13.4. The summed E-state index contributed by atoms with van der Waals surface area (Å²) in [6.45, 7) is 0.886. The fourth-order valence-electron chi connectivity index (χ4n) is 1.30. The number of ether oxygens (including phenoxy) is 1. The first-order valence-electron chi connectivity index (χ1n) is 3.84. The molecule has 0 spiro atoms. The zero-order chi connectivity index (χ0) is 8.81. The second kappa shape index (κ2) is 7.73. The van der Waals surface area contributed by atoms with Crippen LogP contribution in [0.1, 0.15) is 12.0 Å². The summed E-state index contributed by atoms with van der Waals surface area (Å²) in [6, 6.07) is 8.25. The van der Waals surface area contributed by atoms with Crippen molar-refractivity contribution >= 4 is 29.6 Å². The summed E-state index contributed by atoms with van der Waals surface area (Å²) in [4.78, 5) is 0. The molecule has 1 aromatic carbocycles. The largest absolute Gasteiger partial charge is 0.493 e. The molecule has 0 bridgehead atoms. The molecule has 0 fully saturated rings. The van der Waals surface area contributed by atoms with Crippen molar-refractivity contribution in [1.82, 2.24) is 0 Å². The molecule has 0 radical (unpaired) electrons. The van der Waals surface area contributed by atoms with Crippen LogP contribution in [-0.2, 0) is 26.4 Å². The Hall–Kier alpha value is 0.352. The van der Waals surface area contributed by atoms with Gasteiger partial charge in [0.15, 0.2) is 0 Å². The van der Waals surface area contributed by atoms with E-state index in [0.29, 0.717) is 0 Å². The zero-order valence-electron chi connectivity index (χ0n) is 6.66. The van der Waals surface area contributed by atoms with Crippen molar-refractivity contribution in [2.75, 3.05) is 6.61 Å². The summed E-state index contributed by atoms with van der Waals surface area (Å²) in [5.41, 5.74) is 1.36. The second-order valence-corrected chi connectivity index (χ2v) is 2.56. The van der Waals surface area contributed by atoms with Crippen LogP contribution >= 0.6 is 0 Å². The SMILES string of the molecule is [NaH].[O]=[Cr].c1ccc2c(c1)CCCO2. The van der Waals surface area contributed by atoms with Crippen molar-refractivity contribution in [2.45, 2.75) is 12.8 Å². The fourth-order valence-corrected chi connectivity index (χ4v) is 1.30. The molecule has 1 aliphatic rings. The van der Waals surface area contributed by atoms with Gasteiger partial charge in [-0.25, -0.2) is 0 Å². The van der Waals surface area contributed by atoms with Crippen LogP contribution in [0, 0.1) is 0 Å². The molecule has 13 heavy (non-hydrogen) atoms. The van der Waals surface area contributed by atoms with Gasteiger partial charge in [-0.3, -0.25) is 0 Å². The van der Waals surface area contributed by atoms with Gasteiger partial charge in [0.1, 0.15) is 5.75 Å². The number of benzene rings is 1. The van der Waals surface area contributed by atoms with Gasteiger partial charge in [-0.2, -0.15) is 0 Å². The number of para-hydroxylation sites is 1. The van der Waals surface area contributed by atoms with Crippen molar-refractivity contribution < 1.29 is 24.8 Å². The van der Waals surface area contributed by atoms with Gasteiger partial charge in [0.25, 0.3) is 0 Å². The van der Waals surface area contributed by atoms with Gasteiger partial charge < -0.3 is 4.74 Å². The molecular formula is C9H11CrNaO2. The minimum atomic E-state index is 0. The molecule has 0 saturated heterocycles. The van der Waals surface area contributed by atoms with Crippen molar-refractivity contribution in [3.05, 3.63) is 29.8 Å². The number of rotatable bonds is 0. The summed E-state index contributed by atoms with van der Waals surface area (Å²) < 4.78 is 13.5. The van der Waals surface area contributed by atoms with E-state index < -0.39 is 0 Å². The van der Waals surface area contributed by atoms with Crippen molar-refractivity contribution in [3.8, 4) is 5.75 Å². The summed E-state index contributed by atoms with van der Waals surface area (Å²) in [5, 5.41) is 0. The molecule has 0 amide bonds. The normalized spacial score (nSPS) is 12.3. The summed E-state index contributed by atoms with van der Waals surface area (Å²) in [7, 11) is 0. The van der Waals surface area contributed by atoms with E-state index in [1.807, 2.05) is 12.1 Å². The van der Waals surface area contributed by atoms with Crippen molar-refractivity contribution in [2.24, 2.45) is 0 Å². The minimum Gasteiger partial charge on any atom is -0.493 e. The fraction of sp³-hybridized carbons (Fsp3) is 0.333. The number of hydrogen-bond donors (Lipinski definition) is 0. The van der Waals surface area contributed by atoms with Gasteiger partial charge in [0, 0.05) is 0 Å². The maximum absolute atomic E-state index is 8.12.